The Morgan fingerprint density at radius 2 is 2.06 bits per heavy atom. The van der Waals surface area contributed by atoms with Crippen LogP contribution in [0.5, 0.6) is 0 Å². The Bertz CT molecular complexity index is 396. The van der Waals surface area contributed by atoms with Gasteiger partial charge in [-0.15, -0.1) is 0 Å². The van der Waals surface area contributed by atoms with Gasteiger partial charge in [0.2, 0.25) is 10.0 Å². The Kier molecular flexibility index (Phi) is 5.12. The Balaban J connectivity index is 2.98. The van der Waals surface area contributed by atoms with Gasteiger partial charge in [-0.05, 0) is 19.8 Å². The first kappa shape index (κ1) is 15.4. The highest BCUT2D eigenvalue weighted by atomic mass is 32.2. The fraction of sp³-hybridized carbons (Fsp3) is 0.909. The van der Waals surface area contributed by atoms with Crippen molar-refractivity contribution >= 4 is 16.0 Å². The van der Waals surface area contributed by atoms with E-state index in [0.717, 1.165) is 6.42 Å². The highest BCUT2D eigenvalue weighted by Crippen LogP contribution is 2.20. The highest BCUT2D eigenvalue weighted by molar-refractivity contribution is 7.90. The molecule has 0 aromatic carbocycles. The van der Waals surface area contributed by atoms with Gasteiger partial charge < -0.3 is 10.4 Å². The lowest BCUT2D eigenvalue weighted by atomic mass is 10.1. The SMILES string of the molecule is CCC1CN(S(=O)(=O)C(C)C(=O)O)C(CC)CN1. The molecule has 0 aromatic heterocycles. The summed E-state index contributed by atoms with van der Waals surface area (Å²) in [6, 6.07) is -0.0526. The molecule has 0 saturated carbocycles. The standard InChI is InChI=1S/C11H22N2O4S/c1-4-9-7-13(10(5-2)6-12-9)18(16,17)8(3)11(14)15/h8-10,12H,4-7H2,1-3H3,(H,14,15). The van der Waals surface area contributed by atoms with Gasteiger partial charge in [-0.25, -0.2) is 8.42 Å². The molecule has 0 aromatic rings. The lowest BCUT2D eigenvalue weighted by molar-refractivity contribution is -0.136. The number of sulfonamides is 1. The summed E-state index contributed by atoms with van der Waals surface area (Å²) in [6.07, 6.45) is 1.50. The number of aliphatic carboxylic acids is 1. The van der Waals surface area contributed by atoms with Crippen LogP contribution in [0.3, 0.4) is 0 Å². The predicted octanol–water partition coefficient (Wildman–Crippen LogP) is 0.252. The van der Waals surface area contributed by atoms with Crippen molar-refractivity contribution < 1.29 is 18.3 Å². The average Bonchev–Trinajstić information content (AvgIpc) is 2.36. The summed E-state index contributed by atoms with van der Waals surface area (Å²) in [5.41, 5.74) is 0. The van der Waals surface area contributed by atoms with Crippen LogP contribution in [0.25, 0.3) is 0 Å². The first-order valence-corrected chi connectivity index (χ1v) is 7.81. The zero-order chi connectivity index (χ0) is 13.9. The van der Waals surface area contributed by atoms with E-state index in [-0.39, 0.29) is 12.1 Å². The number of nitrogens with zero attached hydrogens (tertiary/aromatic N) is 1. The molecule has 3 unspecified atom stereocenters. The van der Waals surface area contributed by atoms with Gasteiger partial charge >= 0.3 is 5.97 Å². The average molecular weight is 278 g/mol. The molecule has 0 bridgehead atoms. The van der Waals surface area contributed by atoms with Crippen LogP contribution in [-0.2, 0) is 14.8 Å². The second kappa shape index (κ2) is 5.99. The quantitative estimate of drug-likeness (QED) is 0.753. The number of carbonyl (C=O) groups is 1. The summed E-state index contributed by atoms with van der Waals surface area (Å²) < 4.78 is 25.9. The van der Waals surface area contributed by atoms with Gasteiger partial charge in [0.15, 0.2) is 5.25 Å². The summed E-state index contributed by atoms with van der Waals surface area (Å²) in [7, 11) is -3.77. The third-order valence-electron chi connectivity index (χ3n) is 3.54. The van der Waals surface area contributed by atoms with E-state index in [1.165, 1.54) is 11.2 Å². The van der Waals surface area contributed by atoms with E-state index in [0.29, 0.717) is 19.5 Å². The number of rotatable bonds is 5. The molecule has 1 rings (SSSR count). The third kappa shape index (κ3) is 3.02. The van der Waals surface area contributed by atoms with Crippen LogP contribution in [0.4, 0.5) is 0 Å². The summed E-state index contributed by atoms with van der Waals surface area (Å²) in [4.78, 5) is 10.9. The fourth-order valence-electron chi connectivity index (χ4n) is 2.10. The summed E-state index contributed by atoms with van der Waals surface area (Å²) in [6.45, 7) is 6.06. The molecule has 1 saturated heterocycles. The molecule has 1 fully saturated rings. The summed E-state index contributed by atoms with van der Waals surface area (Å²) in [5.74, 6) is -1.29. The Morgan fingerprint density at radius 3 is 2.50 bits per heavy atom. The minimum Gasteiger partial charge on any atom is -0.480 e. The van der Waals surface area contributed by atoms with E-state index in [4.69, 9.17) is 5.11 Å². The Morgan fingerprint density at radius 1 is 1.44 bits per heavy atom. The second-order valence-electron chi connectivity index (χ2n) is 4.67. The number of hydrogen-bond donors (Lipinski definition) is 2. The first-order valence-electron chi connectivity index (χ1n) is 6.31. The van der Waals surface area contributed by atoms with Gasteiger partial charge in [0.1, 0.15) is 0 Å². The molecule has 0 spiro atoms. The van der Waals surface area contributed by atoms with E-state index >= 15 is 0 Å². The van der Waals surface area contributed by atoms with Crippen molar-refractivity contribution in [3.05, 3.63) is 0 Å². The monoisotopic (exact) mass is 278 g/mol. The van der Waals surface area contributed by atoms with Gasteiger partial charge in [-0.2, -0.15) is 4.31 Å². The van der Waals surface area contributed by atoms with Crippen LogP contribution in [0, 0.1) is 0 Å². The van der Waals surface area contributed by atoms with Gasteiger partial charge in [0, 0.05) is 25.2 Å². The topological polar surface area (TPSA) is 86.7 Å². The number of hydrogen-bond acceptors (Lipinski definition) is 4. The number of piperazine rings is 1. The van der Waals surface area contributed by atoms with Crippen LogP contribution in [0.15, 0.2) is 0 Å². The lowest BCUT2D eigenvalue weighted by Gasteiger charge is -2.39. The normalized spacial score (nSPS) is 27.9. The second-order valence-corrected chi connectivity index (χ2v) is 6.88. The molecular weight excluding hydrogens is 256 g/mol. The van der Waals surface area contributed by atoms with Crippen LogP contribution in [0.2, 0.25) is 0 Å². The molecule has 0 aliphatic carbocycles. The zero-order valence-corrected chi connectivity index (χ0v) is 11.9. The van der Waals surface area contributed by atoms with Gasteiger partial charge in [0.25, 0.3) is 0 Å². The largest absolute Gasteiger partial charge is 0.480 e. The van der Waals surface area contributed by atoms with Crippen molar-refractivity contribution in [1.29, 1.82) is 0 Å². The maximum Gasteiger partial charge on any atom is 0.323 e. The number of carboxylic acid groups (broad SMARTS) is 1. The van der Waals surface area contributed by atoms with Crippen molar-refractivity contribution in [3.8, 4) is 0 Å². The molecular formula is C11H22N2O4S. The fourth-order valence-corrected chi connectivity index (χ4v) is 3.79. The van der Waals surface area contributed by atoms with Crippen molar-refractivity contribution in [2.24, 2.45) is 0 Å². The van der Waals surface area contributed by atoms with Crippen molar-refractivity contribution in [2.45, 2.75) is 50.9 Å². The molecule has 3 atom stereocenters. The van der Waals surface area contributed by atoms with Crippen LogP contribution >= 0.6 is 0 Å². The first-order chi connectivity index (χ1) is 8.34. The maximum atomic E-state index is 12.3. The molecule has 6 nitrogen and oxygen atoms in total. The van der Waals surface area contributed by atoms with E-state index < -0.39 is 21.2 Å². The Labute approximate surface area is 108 Å². The highest BCUT2D eigenvalue weighted by Gasteiger charge is 2.40. The molecule has 0 radical (unpaired) electrons. The van der Waals surface area contributed by atoms with Crippen LogP contribution < -0.4 is 5.32 Å². The molecule has 18 heavy (non-hydrogen) atoms. The molecule has 106 valence electrons. The molecule has 1 aliphatic rings. The molecule has 1 heterocycles. The van der Waals surface area contributed by atoms with Crippen molar-refractivity contribution in [2.75, 3.05) is 13.1 Å². The van der Waals surface area contributed by atoms with Crippen molar-refractivity contribution in [1.82, 2.24) is 9.62 Å². The van der Waals surface area contributed by atoms with Crippen LogP contribution in [-0.4, -0.2) is 54.2 Å². The summed E-state index contributed by atoms with van der Waals surface area (Å²) >= 11 is 0. The minimum absolute atomic E-state index is 0.101. The van der Waals surface area contributed by atoms with E-state index in [2.05, 4.69) is 5.32 Å². The maximum absolute atomic E-state index is 12.3. The van der Waals surface area contributed by atoms with Gasteiger partial charge in [-0.1, -0.05) is 13.8 Å². The molecule has 7 heteroatoms. The van der Waals surface area contributed by atoms with E-state index in [1.807, 2.05) is 13.8 Å². The number of carboxylic acids is 1. The number of nitrogens with one attached hydrogen (secondary N) is 1. The molecule has 1 aliphatic heterocycles. The van der Waals surface area contributed by atoms with E-state index in [1.54, 1.807) is 0 Å². The lowest BCUT2D eigenvalue weighted by Crippen LogP contribution is -2.59. The predicted molar refractivity (Wildman–Crippen MR) is 68.9 cm³/mol. The Hall–Kier alpha value is -0.660. The minimum atomic E-state index is -3.77. The van der Waals surface area contributed by atoms with Crippen LogP contribution in [0.1, 0.15) is 33.6 Å². The smallest absolute Gasteiger partial charge is 0.323 e. The molecule has 0 amide bonds. The zero-order valence-electron chi connectivity index (χ0n) is 11.1. The van der Waals surface area contributed by atoms with Gasteiger partial charge in [0.05, 0.1) is 0 Å². The van der Waals surface area contributed by atoms with Crippen molar-refractivity contribution in [3.63, 3.8) is 0 Å². The summed E-state index contributed by atoms with van der Waals surface area (Å²) in [5, 5.41) is 10.8. The van der Waals surface area contributed by atoms with Gasteiger partial charge in [-0.3, -0.25) is 4.79 Å². The van der Waals surface area contributed by atoms with E-state index in [9.17, 15) is 13.2 Å². The third-order valence-corrected chi connectivity index (χ3v) is 5.73. The molecule has 2 N–H and O–H groups in total.